The first-order valence-corrected chi connectivity index (χ1v) is 10.6. The molecule has 1 aliphatic heterocycles. The zero-order valence-electron chi connectivity index (χ0n) is 17.6. The molecule has 0 spiro atoms. The van der Waals surface area contributed by atoms with Crippen molar-refractivity contribution in [2.75, 3.05) is 12.1 Å². The molecule has 1 saturated carbocycles. The number of amides is 1. The van der Waals surface area contributed by atoms with Gasteiger partial charge in [-0.1, -0.05) is 44.2 Å². The summed E-state index contributed by atoms with van der Waals surface area (Å²) in [6, 6.07) is 18.2. The Morgan fingerprint density at radius 3 is 2.52 bits per heavy atom. The van der Waals surface area contributed by atoms with Crippen LogP contribution < -0.4 is 14.8 Å². The van der Waals surface area contributed by atoms with Crippen molar-refractivity contribution in [2.45, 2.75) is 38.0 Å². The predicted octanol–water partition coefficient (Wildman–Crippen LogP) is 6.02. The summed E-state index contributed by atoms with van der Waals surface area (Å²) >= 11 is 0. The van der Waals surface area contributed by atoms with Crippen LogP contribution in [0.2, 0.25) is 0 Å². The van der Waals surface area contributed by atoms with Crippen LogP contribution in [0.4, 0.5) is 10.1 Å². The van der Waals surface area contributed by atoms with E-state index in [0.29, 0.717) is 22.7 Å². The lowest BCUT2D eigenvalue weighted by atomic mass is 9.92. The number of nitrogens with one attached hydrogen (secondary N) is 1. The second-order valence-electron chi connectivity index (χ2n) is 8.54. The van der Waals surface area contributed by atoms with Gasteiger partial charge in [0.05, 0.1) is 5.41 Å². The molecule has 4 nitrogen and oxygen atoms in total. The van der Waals surface area contributed by atoms with Crippen LogP contribution in [0.5, 0.6) is 11.5 Å². The first kappa shape index (κ1) is 19.6. The van der Waals surface area contributed by atoms with Crippen molar-refractivity contribution in [1.82, 2.24) is 0 Å². The fraction of sp³-hybridized carbons (Fsp3) is 0.269. The third kappa shape index (κ3) is 3.44. The molecule has 1 aliphatic carbocycles. The van der Waals surface area contributed by atoms with E-state index in [1.807, 2.05) is 42.5 Å². The number of hydrogen-bond donors (Lipinski definition) is 1. The average molecular weight is 417 g/mol. The number of hydrogen-bond acceptors (Lipinski definition) is 3. The van der Waals surface area contributed by atoms with Crippen LogP contribution in [0.25, 0.3) is 11.1 Å². The molecule has 1 fully saturated rings. The van der Waals surface area contributed by atoms with Crippen LogP contribution in [-0.2, 0) is 10.2 Å². The lowest BCUT2D eigenvalue weighted by molar-refractivity contribution is -0.118. The maximum Gasteiger partial charge on any atom is 0.235 e. The summed E-state index contributed by atoms with van der Waals surface area (Å²) < 4.78 is 25.6. The van der Waals surface area contributed by atoms with Gasteiger partial charge in [-0.25, -0.2) is 4.39 Å². The SMILES string of the molecule is CC(C)c1ccccc1-c1cc(NC(=O)C2(c3ccc4c(c3)OCO4)CC2)ccc1F. The van der Waals surface area contributed by atoms with E-state index in [2.05, 4.69) is 19.2 Å². The van der Waals surface area contributed by atoms with Gasteiger partial charge in [0.1, 0.15) is 5.82 Å². The number of halogens is 1. The molecule has 0 unspecified atom stereocenters. The molecule has 5 rings (SSSR count). The van der Waals surface area contributed by atoms with Crippen LogP contribution in [-0.4, -0.2) is 12.7 Å². The van der Waals surface area contributed by atoms with Crippen LogP contribution in [0, 0.1) is 5.82 Å². The smallest absolute Gasteiger partial charge is 0.235 e. The molecule has 5 heteroatoms. The lowest BCUT2D eigenvalue weighted by Gasteiger charge is -2.18. The Hall–Kier alpha value is -3.34. The van der Waals surface area contributed by atoms with E-state index in [4.69, 9.17) is 9.47 Å². The minimum absolute atomic E-state index is 0.0823. The topological polar surface area (TPSA) is 47.6 Å². The van der Waals surface area contributed by atoms with Crippen molar-refractivity contribution in [3.8, 4) is 22.6 Å². The first-order chi connectivity index (χ1) is 15.0. The van der Waals surface area contributed by atoms with Gasteiger partial charge >= 0.3 is 0 Å². The Morgan fingerprint density at radius 2 is 1.74 bits per heavy atom. The summed E-state index contributed by atoms with van der Waals surface area (Å²) in [5, 5.41) is 3.02. The first-order valence-electron chi connectivity index (χ1n) is 10.6. The Kier molecular flexibility index (Phi) is 4.69. The average Bonchev–Trinajstić information content (AvgIpc) is 3.46. The van der Waals surface area contributed by atoms with Crippen LogP contribution in [0.3, 0.4) is 0 Å². The van der Waals surface area contributed by atoms with E-state index in [1.54, 1.807) is 12.1 Å². The Bertz CT molecular complexity index is 1170. The molecule has 0 atom stereocenters. The van der Waals surface area contributed by atoms with E-state index in [-0.39, 0.29) is 24.4 Å². The standard InChI is InChI=1S/C26H24FNO3/c1-16(2)19-5-3-4-6-20(19)21-14-18(8-9-22(21)27)28-25(29)26(11-12-26)17-7-10-23-24(13-17)31-15-30-23/h3-10,13-14,16H,11-12,15H2,1-2H3,(H,28,29). The maximum absolute atomic E-state index is 14.7. The lowest BCUT2D eigenvalue weighted by Crippen LogP contribution is -2.27. The fourth-order valence-electron chi connectivity index (χ4n) is 4.27. The highest BCUT2D eigenvalue weighted by atomic mass is 19.1. The van der Waals surface area contributed by atoms with Crippen molar-refractivity contribution in [3.63, 3.8) is 0 Å². The molecule has 1 heterocycles. The quantitative estimate of drug-likeness (QED) is 0.553. The fourth-order valence-corrected chi connectivity index (χ4v) is 4.27. The van der Waals surface area contributed by atoms with Crippen molar-refractivity contribution in [2.24, 2.45) is 0 Å². The molecule has 158 valence electrons. The van der Waals surface area contributed by atoms with Crippen LogP contribution >= 0.6 is 0 Å². The molecule has 0 saturated heterocycles. The number of ether oxygens (including phenoxy) is 2. The molecule has 0 aromatic heterocycles. The van der Waals surface area contributed by atoms with E-state index in [1.165, 1.54) is 6.07 Å². The van der Waals surface area contributed by atoms with Crippen molar-refractivity contribution in [1.29, 1.82) is 0 Å². The number of carbonyl (C=O) groups is 1. The summed E-state index contributed by atoms with van der Waals surface area (Å²) in [7, 11) is 0. The molecule has 1 N–H and O–H groups in total. The summed E-state index contributed by atoms with van der Waals surface area (Å²) in [6.45, 7) is 4.38. The normalized spacial score (nSPS) is 15.7. The highest BCUT2D eigenvalue weighted by molar-refractivity contribution is 6.02. The minimum atomic E-state index is -0.578. The third-order valence-corrected chi connectivity index (χ3v) is 6.21. The second kappa shape index (κ2) is 7.41. The Morgan fingerprint density at radius 1 is 0.968 bits per heavy atom. The van der Waals surface area contributed by atoms with Gasteiger partial charge in [0.15, 0.2) is 11.5 Å². The number of rotatable bonds is 5. The van der Waals surface area contributed by atoms with E-state index >= 15 is 0 Å². The molecule has 2 aliphatic rings. The van der Waals surface area contributed by atoms with Crippen molar-refractivity contribution in [3.05, 3.63) is 77.6 Å². The Balaban J connectivity index is 1.44. The minimum Gasteiger partial charge on any atom is -0.454 e. The van der Waals surface area contributed by atoms with Crippen molar-refractivity contribution < 1.29 is 18.7 Å². The summed E-state index contributed by atoms with van der Waals surface area (Å²) in [5.41, 5.74) is 3.35. The van der Waals surface area contributed by atoms with Gasteiger partial charge in [0.25, 0.3) is 0 Å². The van der Waals surface area contributed by atoms with E-state index < -0.39 is 5.41 Å². The molecular formula is C26H24FNO3. The number of anilines is 1. The predicted molar refractivity (Wildman–Crippen MR) is 118 cm³/mol. The molecule has 0 radical (unpaired) electrons. The van der Waals surface area contributed by atoms with Gasteiger partial charge in [0, 0.05) is 11.3 Å². The zero-order chi connectivity index (χ0) is 21.6. The summed E-state index contributed by atoms with van der Waals surface area (Å²) in [4.78, 5) is 13.2. The molecule has 3 aromatic rings. The van der Waals surface area contributed by atoms with Gasteiger partial charge in [0.2, 0.25) is 12.7 Å². The molecular weight excluding hydrogens is 393 g/mol. The van der Waals surface area contributed by atoms with Crippen LogP contribution in [0.1, 0.15) is 43.7 Å². The van der Waals surface area contributed by atoms with E-state index in [9.17, 15) is 9.18 Å². The van der Waals surface area contributed by atoms with Crippen molar-refractivity contribution >= 4 is 11.6 Å². The second-order valence-corrected chi connectivity index (χ2v) is 8.54. The molecule has 3 aromatic carbocycles. The van der Waals surface area contributed by atoms with Gasteiger partial charge in [-0.05, 0) is 65.8 Å². The third-order valence-electron chi connectivity index (χ3n) is 6.21. The summed E-state index contributed by atoms with van der Waals surface area (Å²) in [5.74, 6) is 1.25. The zero-order valence-corrected chi connectivity index (χ0v) is 17.6. The van der Waals surface area contributed by atoms with Crippen LogP contribution in [0.15, 0.2) is 60.7 Å². The number of carbonyl (C=O) groups excluding carboxylic acids is 1. The molecule has 31 heavy (non-hydrogen) atoms. The Labute approximate surface area is 181 Å². The maximum atomic E-state index is 14.7. The molecule has 0 bridgehead atoms. The van der Waals surface area contributed by atoms with Gasteiger partial charge in [-0.3, -0.25) is 4.79 Å². The summed E-state index contributed by atoms with van der Waals surface area (Å²) in [6.07, 6.45) is 1.53. The molecule has 1 amide bonds. The highest BCUT2D eigenvalue weighted by Gasteiger charge is 2.51. The van der Waals surface area contributed by atoms with Gasteiger partial charge in [-0.15, -0.1) is 0 Å². The van der Waals surface area contributed by atoms with Gasteiger partial charge < -0.3 is 14.8 Å². The van der Waals surface area contributed by atoms with E-state index in [0.717, 1.165) is 29.5 Å². The monoisotopic (exact) mass is 417 g/mol. The van der Waals surface area contributed by atoms with Gasteiger partial charge in [-0.2, -0.15) is 0 Å². The number of fused-ring (bicyclic) bond motifs is 1. The largest absolute Gasteiger partial charge is 0.454 e. The highest BCUT2D eigenvalue weighted by Crippen LogP contribution is 2.51. The number of benzene rings is 3.